The topological polar surface area (TPSA) is 110 Å². The first-order valence-corrected chi connectivity index (χ1v) is 10.3. The van der Waals surface area contributed by atoms with Gasteiger partial charge in [0.25, 0.3) is 5.22 Å². The Balaban J connectivity index is 1.74. The van der Waals surface area contributed by atoms with E-state index in [2.05, 4.69) is 25.8 Å². The predicted molar refractivity (Wildman–Crippen MR) is 106 cm³/mol. The molecule has 1 atom stereocenters. The Morgan fingerprint density at radius 3 is 2.71 bits per heavy atom. The third kappa shape index (κ3) is 5.40. The van der Waals surface area contributed by atoms with Crippen molar-refractivity contribution in [1.29, 1.82) is 0 Å². The summed E-state index contributed by atoms with van der Waals surface area (Å²) in [7, 11) is 0. The highest BCUT2D eigenvalue weighted by Crippen LogP contribution is 2.34. The number of aryl methyl sites for hydroxylation is 1. The van der Waals surface area contributed by atoms with Gasteiger partial charge in [0, 0.05) is 11.9 Å². The summed E-state index contributed by atoms with van der Waals surface area (Å²) in [4.78, 5) is 28.8. The molecule has 1 unspecified atom stereocenters. The molecule has 28 heavy (non-hydrogen) atoms. The summed E-state index contributed by atoms with van der Waals surface area (Å²) in [6, 6.07) is 8.58. The molecule has 0 radical (unpaired) electrons. The fraction of sp³-hybridized carbons (Fsp3) is 0.278. The second kappa shape index (κ2) is 9.47. The molecule has 8 nitrogen and oxygen atoms in total. The first-order valence-electron chi connectivity index (χ1n) is 8.59. The van der Waals surface area contributed by atoms with E-state index in [1.54, 1.807) is 18.3 Å². The molecule has 0 fully saturated rings. The van der Waals surface area contributed by atoms with Crippen LogP contribution in [0.4, 0.5) is 4.79 Å². The van der Waals surface area contributed by atoms with Crippen LogP contribution >= 0.6 is 23.1 Å². The number of aromatic nitrogens is 3. The van der Waals surface area contributed by atoms with Crippen molar-refractivity contribution >= 4 is 35.0 Å². The molecular weight excluding hydrogens is 398 g/mol. The minimum atomic E-state index is -0.710. The number of hydrogen-bond acceptors (Lipinski definition) is 8. The summed E-state index contributed by atoms with van der Waals surface area (Å²) in [6.45, 7) is 4.13. The summed E-state index contributed by atoms with van der Waals surface area (Å²) in [5.41, 5.74) is 1.58. The third-order valence-corrected chi connectivity index (χ3v) is 5.49. The van der Waals surface area contributed by atoms with E-state index >= 15 is 0 Å². The highest BCUT2D eigenvalue weighted by atomic mass is 32.2. The Labute approximate surface area is 170 Å². The minimum absolute atomic E-state index is 0.252. The Bertz CT molecular complexity index is 942. The lowest BCUT2D eigenvalue weighted by Gasteiger charge is -2.14. The zero-order valence-corrected chi connectivity index (χ0v) is 17.0. The van der Waals surface area contributed by atoms with E-state index in [9.17, 15) is 9.59 Å². The van der Waals surface area contributed by atoms with E-state index in [1.807, 2.05) is 42.6 Å². The Morgan fingerprint density at radius 1 is 1.25 bits per heavy atom. The number of amides is 3. The molecule has 0 saturated heterocycles. The van der Waals surface area contributed by atoms with Crippen LogP contribution in [0.1, 0.15) is 34.3 Å². The second-order valence-electron chi connectivity index (χ2n) is 5.75. The zero-order valence-electron chi connectivity index (χ0n) is 15.3. The van der Waals surface area contributed by atoms with Crippen molar-refractivity contribution in [2.24, 2.45) is 0 Å². The number of urea groups is 1. The number of nitrogens with zero attached hydrogens (tertiary/aromatic N) is 3. The number of rotatable bonds is 7. The first kappa shape index (κ1) is 20.0. The minimum Gasteiger partial charge on any atom is -0.416 e. The van der Waals surface area contributed by atoms with Gasteiger partial charge in [0.2, 0.25) is 11.8 Å². The quantitative estimate of drug-likeness (QED) is 0.568. The van der Waals surface area contributed by atoms with Crippen molar-refractivity contribution in [3.63, 3.8) is 0 Å². The number of benzene rings is 1. The van der Waals surface area contributed by atoms with Crippen molar-refractivity contribution in [3.05, 3.63) is 57.9 Å². The van der Waals surface area contributed by atoms with Crippen LogP contribution in [0, 0.1) is 6.92 Å². The summed E-state index contributed by atoms with van der Waals surface area (Å²) in [6.07, 6.45) is 0.430. The monoisotopic (exact) mass is 417 g/mol. The van der Waals surface area contributed by atoms with Crippen LogP contribution in [0.2, 0.25) is 0 Å². The molecule has 3 amide bonds. The summed E-state index contributed by atoms with van der Waals surface area (Å²) in [5.74, 6) is -0.0410. The number of imide groups is 1. The molecule has 0 bridgehead atoms. The normalized spacial score (nSPS) is 11.8. The van der Waals surface area contributed by atoms with Crippen molar-refractivity contribution in [2.45, 2.75) is 30.7 Å². The lowest BCUT2D eigenvalue weighted by molar-refractivity contribution is -0.119. The van der Waals surface area contributed by atoms with Gasteiger partial charge in [0.15, 0.2) is 0 Å². The van der Waals surface area contributed by atoms with Crippen LogP contribution in [-0.2, 0) is 11.2 Å². The maximum Gasteiger partial charge on any atom is 0.321 e. The molecule has 0 saturated carbocycles. The average Bonchev–Trinajstić information content (AvgIpc) is 3.29. The lowest BCUT2D eigenvalue weighted by atomic mass is 10.1. The predicted octanol–water partition coefficient (Wildman–Crippen LogP) is 3.10. The average molecular weight is 418 g/mol. The van der Waals surface area contributed by atoms with Gasteiger partial charge in [-0.15, -0.1) is 21.5 Å². The first-order chi connectivity index (χ1) is 13.5. The molecule has 0 aliphatic rings. The van der Waals surface area contributed by atoms with Crippen LogP contribution in [0.3, 0.4) is 0 Å². The van der Waals surface area contributed by atoms with E-state index in [4.69, 9.17) is 4.42 Å². The van der Waals surface area contributed by atoms with Gasteiger partial charge in [-0.1, -0.05) is 30.3 Å². The Kier molecular flexibility index (Phi) is 6.77. The van der Waals surface area contributed by atoms with Gasteiger partial charge in [0.1, 0.15) is 5.25 Å². The van der Waals surface area contributed by atoms with Gasteiger partial charge in [-0.2, -0.15) is 0 Å². The number of thioether (sulfide) groups is 1. The molecule has 10 heteroatoms. The number of carbonyl (C=O) groups is 2. The van der Waals surface area contributed by atoms with Crippen LogP contribution in [0.5, 0.6) is 0 Å². The molecule has 3 rings (SSSR count). The molecule has 0 aliphatic heterocycles. The molecule has 0 aliphatic carbocycles. The van der Waals surface area contributed by atoms with Crippen molar-refractivity contribution in [1.82, 2.24) is 25.8 Å². The fourth-order valence-corrected chi connectivity index (χ4v) is 3.89. The van der Waals surface area contributed by atoms with Crippen LogP contribution < -0.4 is 10.6 Å². The molecule has 1 aromatic carbocycles. The van der Waals surface area contributed by atoms with Crippen LogP contribution in [-0.4, -0.2) is 33.7 Å². The van der Waals surface area contributed by atoms with Gasteiger partial charge in [-0.05, 0) is 31.2 Å². The van der Waals surface area contributed by atoms with Crippen molar-refractivity contribution in [2.75, 3.05) is 6.54 Å². The van der Waals surface area contributed by atoms with E-state index in [1.165, 1.54) is 0 Å². The number of thiazole rings is 1. The molecule has 0 spiro atoms. The molecule has 3 aromatic rings. The van der Waals surface area contributed by atoms with Crippen molar-refractivity contribution in [3.8, 4) is 0 Å². The number of nitrogens with one attached hydrogen (secondary N) is 2. The van der Waals surface area contributed by atoms with Gasteiger partial charge < -0.3 is 9.73 Å². The maximum atomic E-state index is 12.6. The largest absolute Gasteiger partial charge is 0.416 e. The molecule has 2 heterocycles. The molecule has 2 aromatic heterocycles. The standard InChI is InChI=1S/C18H19N5O3S2/c1-3-19-17(25)21-16(24)15(12-7-5-4-6-8-12)28-18-23-22-14(26-18)9-13-10-27-11(2)20-13/h4-8,10,15H,3,9H2,1-2H3,(H2,19,21,24,25). The van der Waals surface area contributed by atoms with Crippen LogP contribution in [0.15, 0.2) is 45.4 Å². The second-order valence-corrected chi connectivity index (χ2v) is 7.87. The number of hydrogen-bond donors (Lipinski definition) is 2. The lowest BCUT2D eigenvalue weighted by Crippen LogP contribution is -2.41. The highest BCUT2D eigenvalue weighted by molar-refractivity contribution is 8.00. The molecule has 146 valence electrons. The van der Waals surface area contributed by atoms with Gasteiger partial charge >= 0.3 is 6.03 Å². The maximum absolute atomic E-state index is 12.6. The molecule has 2 N–H and O–H groups in total. The number of carbonyl (C=O) groups excluding carboxylic acids is 2. The van der Waals surface area contributed by atoms with E-state index in [-0.39, 0.29) is 5.22 Å². The summed E-state index contributed by atoms with van der Waals surface area (Å²) >= 11 is 2.65. The van der Waals surface area contributed by atoms with Gasteiger partial charge in [-0.25, -0.2) is 9.78 Å². The Hall–Kier alpha value is -2.72. The smallest absolute Gasteiger partial charge is 0.321 e. The summed E-state index contributed by atoms with van der Waals surface area (Å²) in [5, 5.41) is 15.4. The van der Waals surface area contributed by atoms with E-state index < -0.39 is 17.2 Å². The van der Waals surface area contributed by atoms with Crippen LogP contribution in [0.25, 0.3) is 0 Å². The Morgan fingerprint density at radius 2 is 2.04 bits per heavy atom. The molecular formula is C18H19N5O3S2. The highest BCUT2D eigenvalue weighted by Gasteiger charge is 2.26. The van der Waals surface area contributed by atoms with E-state index in [0.717, 1.165) is 28.0 Å². The van der Waals surface area contributed by atoms with Gasteiger partial charge in [0.05, 0.1) is 17.1 Å². The zero-order chi connectivity index (χ0) is 19.9. The SMILES string of the molecule is CCNC(=O)NC(=O)C(Sc1nnc(Cc2csc(C)n2)o1)c1ccccc1. The third-order valence-electron chi connectivity index (χ3n) is 3.58. The van der Waals surface area contributed by atoms with Gasteiger partial charge in [-0.3, -0.25) is 10.1 Å². The van der Waals surface area contributed by atoms with E-state index in [0.29, 0.717) is 18.9 Å². The fourth-order valence-electron chi connectivity index (χ4n) is 2.39. The summed E-state index contributed by atoms with van der Waals surface area (Å²) < 4.78 is 5.68. The van der Waals surface area contributed by atoms with Crippen molar-refractivity contribution < 1.29 is 14.0 Å².